The molecule has 1 aromatic heterocycles. The average Bonchev–Trinajstić information content (AvgIpc) is 3.03. The van der Waals surface area contributed by atoms with Crippen molar-refractivity contribution in [2.45, 2.75) is 32.7 Å². The van der Waals surface area contributed by atoms with Crippen molar-refractivity contribution in [2.24, 2.45) is 4.99 Å². The van der Waals surface area contributed by atoms with E-state index in [9.17, 15) is 0 Å². The monoisotopic (exact) mass is 316 g/mol. The molecular formula is C17H24N4S. The Balaban J connectivity index is 1.67. The van der Waals surface area contributed by atoms with Crippen LogP contribution >= 0.6 is 11.3 Å². The Morgan fingerprint density at radius 2 is 2.05 bits per heavy atom. The molecule has 0 fully saturated rings. The van der Waals surface area contributed by atoms with E-state index < -0.39 is 0 Å². The highest BCUT2D eigenvalue weighted by molar-refractivity contribution is 7.11. The molecule has 1 aromatic carbocycles. The van der Waals surface area contributed by atoms with Gasteiger partial charge in [-0.25, -0.2) is 4.98 Å². The van der Waals surface area contributed by atoms with Gasteiger partial charge in [-0.2, -0.15) is 0 Å². The number of nitrogens with zero attached hydrogens (tertiary/aromatic N) is 2. The molecule has 22 heavy (non-hydrogen) atoms. The molecule has 0 atom stereocenters. The van der Waals surface area contributed by atoms with E-state index >= 15 is 0 Å². The van der Waals surface area contributed by atoms with Crippen LogP contribution in [-0.4, -0.2) is 24.5 Å². The molecular weight excluding hydrogens is 292 g/mol. The zero-order valence-corrected chi connectivity index (χ0v) is 14.1. The lowest BCUT2D eigenvalue weighted by Crippen LogP contribution is -2.37. The summed E-state index contributed by atoms with van der Waals surface area (Å²) < 4.78 is 0. The van der Waals surface area contributed by atoms with Crippen molar-refractivity contribution in [3.63, 3.8) is 0 Å². The van der Waals surface area contributed by atoms with Crippen molar-refractivity contribution >= 4 is 17.3 Å². The molecule has 0 aliphatic heterocycles. The van der Waals surface area contributed by atoms with Gasteiger partial charge in [-0.15, -0.1) is 11.3 Å². The van der Waals surface area contributed by atoms with Crippen molar-refractivity contribution in [2.75, 3.05) is 13.6 Å². The minimum absolute atomic E-state index is 0.725. The first-order chi connectivity index (χ1) is 10.8. The van der Waals surface area contributed by atoms with Crippen molar-refractivity contribution in [3.8, 4) is 0 Å². The Kier molecular flexibility index (Phi) is 6.90. The van der Waals surface area contributed by atoms with Crippen molar-refractivity contribution < 1.29 is 0 Å². The minimum atomic E-state index is 0.725. The third-order valence-corrected chi connectivity index (χ3v) is 4.50. The van der Waals surface area contributed by atoms with Gasteiger partial charge >= 0.3 is 0 Å². The predicted molar refractivity (Wildman–Crippen MR) is 94.5 cm³/mol. The maximum Gasteiger partial charge on any atom is 0.191 e. The third-order valence-electron chi connectivity index (χ3n) is 3.36. The Bertz CT molecular complexity index is 577. The number of aryl methyl sites for hydroxylation is 2. The van der Waals surface area contributed by atoms with Crippen LogP contribution in [0.15, 0.2) is 41.5 Å². The SMILES string of the molecule is CCc1cnc(CNC(=NC)NCCCc2ccccc2)s1. The molecule has 0 aliphatic rings. The maximum absolute atomic E-state index is 4.40. The molecule has 0 saturated heterocycles. The highest BCUT2D eigenvalue weighted by atomic mass is 32.1. The summed E-state index contributed by atoms with van der Waals surface area (Å²) in [5.74, 6) is 0.835. The molecule has 0 bridgehead atoms. The van der Waals surface area contributed by atoms with Crippen molar-refractivity contribution in [1.29, 1.82) is 0 Å². The van der Waals surface area contributed by atoms with E-state index in [4.69, 9.17) is 0 Å². The van der Waals surface area contributed by atoms with Gasteiger partial charge in [-0.05, 0) is 24.8 Å². The van der Waals surface area contributed by atoms with Gasteiger partial charge in [0, 0.05) is 24.7 Å². The molecule has 0 amide bonds. The second-order valence-electron chi connectivity index (χ2n) is 5.02. The standard InChI is InChI=1S/C17H24N4S/c1-3-15-12-20-16(22-15)13-21-17(18-2)19-11-7-10-14-8-5-4-6-9-14/h4-6,8-9,12H,3,7,10-11,13H2,1-2H3,(H2,18,19,21). The summed E-state index contributed by atoms with van der Waals surface area (Å²) in [6, 6.07) is 10.6. The minimum Gasteiger partial charge on any atom is -0.356 e. The van der Waals surface area contributed by atoms with Gasteiger partial charge in [0.15, 0.2) is 5.96 Å². The third kappa shape index (κ3) is 5.48. The van der Waals surface area contributed by atoms with Crippen LogP contribution in [0.2, 0.25) is 0 Å². The largest absolute Gasteiger partial charge is 0.356 e. The molecule has 118 valence electrons. The molecule has 0 aliphatic carbocycles. The van der Waals surface area contributed by atoms with Crippen LogP contribution in [0.3, 0.4) is 0 Å². The zero-order valence-electron chi connectivity index (χ0n) is 13.3. The van der Waals surface area contributed by atoms with Crippen LogP contribution < -0.4 is 10.6 Å². The number of hydrogen-bond acceptors (Lipinski definition) is 3. The number of nitrogens with one attached hydrogen (secondary N) is 2. The Labute approximate surface area is 136 Å². The van der Waals surface area contributed by atoms with E-state index in [0.717, 1.165) is 43.3 Å². The second kappa shape index (κ2) is 9.20. The summed E-state index contributed by atoms with van der Waals surface area (Å²) in [6.45, 7) is 3.79. The number of hydrogen-bond donors (Lipinski definition) is 2. The first kappa shape index (κ1) is 16.5. The van der Waals surface area contributed by atoms with Gasteiger partial charge < -0.3 is 10.6 Å². The fourth-order valence-electron chi connectivity index (χ4n) is 2.12. The number of guanidine groups is 1. The Morgan fingerprint density at radius 3 is 2.73 bits per heavy atom. The van der Waals surface area contributed by atoms with Crippen LogP contribution in [0, 0.1) is 0 Å². The predicted octanol–water partition coefficient (Wildman–Crippen LogP) is 3.00. The summed E-state index contributed by atoms with van der Waals surface area (Å²) in [6.07, 6.45) is 5.17. The molecule has 0 radical (unpaired) electrons. The van der Waals surface area contributed by atoms with Crippen molar-refractivity contribution in [1.82, 2.24) is 15.6 Å². The number of aliphatic imine (C=N–C) groups is 1. The summed E-state index contributed by atoms with van der Waals surface area (Å²) in [5, 5.41) is 7.76. The average molecular weight is 316 g/mol. The molecule has 2 N–H and O–H groups in total. The zero-order chi connectivity index (χ0) is 15.6. The van der Waals surface area contributed by atoms with E-state index in [0.29, 0.717) is 0 Å². The quantitative estimate of drug-likeness (QED) is 0.469. The fourth-order valence-corrected chi connectivity index (χ4v) is 2.92. The summed E-state index contributed by atoms with van der Waals surface area (Å²) >= 11 is 1.75. The molecule has 2 rings (SSSR count). The van der Waals surface area contributed by atoms with Crippen LogP contribution in [0.5, 0.6) is 0 Å². The van der Waals surface area contributed by atoms with Gasteiger partial charge in [-0.3, -0.25) is 4.99 Å². The number of thiazole rings is 1. The van der Waals surface area contributed by atoms with E-state index in [1.54, 1.807) is 18.4 Å². The topological polar surface area (TPSA) is 49.3 Å². The highest BCUT2D eigenvalue weighted by Gasteiger charge is 2.02. The van der Waals surface area contributed by atoms with Gasteiger partial charge in [0.1, 0.15) is 5.01 Å². The molecule has 2 aromatic rings. The number of rotatable bonds is 7. The molecule has 4 nitrogen and oxygen atoms in total. The summed E-state index contributed by atoms with van der Waals surface area (Å²) in [7, 11) is 1.80. The number of aromatic nitrogens is 1. The number of benzene rings is 1. The van der Waals surface area contributed by atoms with Crippen LogP contribution in [0.1, 0.15) is 28.8 Å². The Hall–Kier alpha value is -1.88. The maximum atomic E-state index is 4.40. The van der Waals surface area contributed by atoms with Gasteiger partial charge in [0.2, 0.25) is 0 Å². The normalized spacial score (nSPS) is 11.5. The van der Waals surface area contributed by atoms with E-state index in [1.807, 2.05) is 6.20 Å². The summed E-state index contributed by atoms with van der Waals surface area (Å²) in [4.78, 5) is 9.97. The lowest BCUT2D eigenvalue weighted by Gasteiger charge is -2.10. The van der Waals surface area contributed by atoms with Gasteiger partial charge in [-0.1, -0.05) is 37.3 Å². The first-order valence-electron chi connectivity index (χ1n) is 7.74. The molecule has 0 unspecified atom stereocenters. The van der Waals surface area contributed by atoms with Crippen LogP contribution in [0.4, 0.5) is 0 Å². The fraction of sp³-hybridized carbons (Fsp3) is 0.412. The Morgan fingerprint density at radius 1 is 1.23 bits per heavy atom. The smallest absolute Gasteiger partial charge is 0.191 e. The molecule has 0 saturated carbocycles. The van der Waals surface area contributed by atoms with Crippen molar-refractivity contribution in [3.05, 3.63) is 52.0 Å². The van der Waals surface area contributed by atoms with Gasteiger partial charge in [0.25, 0.3) is 0 Å². The van der Waals surface area contributed by atoms with Crippen LogP contribution in [0.25, 0.3) is 0 Å². The lowest BCUT2D eigenvalue weighted by molar-refractivity contribution is 0.741. The molecule has 5 heteroatoms. The van der Waals surface area contributed by atoms with E-state index in [1.165, 1.54) is 10.4 Å². The van der Waals surface area contributed by atoms with Crippen LogP contribution in [-0.2, 0) is 19.4 Å². The first-order valence-corrected chi connectivity index (χ1v) is 8.55. The van der Waals surface area contributed by atoms with E-state index in [-0.39, 0.29) is 0 Å². The molecule has 0 spiro atoms. The lowest BCUT2D eigenvalue weighted by atomic mass is 10.1. The van der Waals surface area contributed by atoms with Gasteiger partial charge in [0.05, 0.1) is 6.54 Å². The second-order valence-corrected chi connectivity index (χ2v) is 6.22. The summed E-state index contributed by atoms with van der Waals surface area (Å²) in [5.41, 5.74) is 1.38. The van der Waals surface area contributed by atoms with E-state index in [2.05, 4.69) is 57.9 Å². The molecule has 1 heterocycles. The highest BCUT2D eigenvalue weighted by Crippen LogP contribution is 2.12.